The second-order valence-electron chi connectivity index (χ2n) is 6.80. The van der Waals surface area contributed by atoms with Crippen LogP contribution in [-0.4, -0.2) is 23.2 Å². The van der Waals surface area contributed by atoms with Crippen molar-refractivity contribution in [2.45, 2.75) is 56.7 Å². The molecule has 0 spiro atoms. The predicted molar refractivity (Wildman–Crippen MR) is 95.4 cm³/mol. The van der Waals surface area contributed by atoms with Gasteiger partial charge in [0.2, 0.25) is 10.0 Å². The SMILES string of the molecule is O=S(=O)(Nc1cccc(-c2cnc3n2CCC3)c1)C1CCCCC1. The minimum Gasteiger partial charge on any atom is -0.328 e. The zero-order chi connectivity index (χ0) is 16.6. The van der Waals surface area contributed by atoms with Crippen LogP contribution >= 0.6 is 0 Å². The van der Waals surface area contributed by atoms with Gasteiger partial charge in [0.15, 0.2) is 0 Å². The van der Waals surface area contributed by atoms with Crippen molar-refractivity contribution >= 4 is 15.7 Å². The molecule has 2 heterocycles. The molecule has 1 fully saturated rings. The Labute approximate surface area is 143 Å². The Morgan fingerprint density at radius 3 is 2.79 bits per heavy atom. The first-order valence-electron chi connectivity index (χ1n) is 8.80. The Hall–Kier alpha value is -1.82. The maximum Gasteiger partial charge on any atom is 0.235 e. The molecule has 0 saturated heterocycles. The fraction of sp³-hybridized carbons (Fsp3) is 0.500. The number of fused-ring (bicyclic) bond motifs is 1. The summed E-state index contributed by atoms with van der Waals surface area (Å²) in [4.78, 5) is 4.48. The fourth-order valence-electron chi connectivity index (χ4n) is 3.85. The molecule has 2 aromatic rings. The molecule has 1 N–H and O–H groups in total. The highest BCUT2D eigenvalue weighted by molar-refractivity contribution is 7.93. The zero-order valence-electron chi connectivity index (χ0n) is 13.7. The molecule has 128 valence electrons. The van der Waals surface area contributed by atoms with Gasteiger partial charge in [0.1, 0.15) is 5.82 Å². The van der Waals surface area contributed by atoms with E-state index in [0.717, 1.165) is 68.6 Å². The number of anilines is 1. The van der Waals surface area contributed by atoms with Crippen molar-refractivity contribution in [3.8, 4) is 11.3 Å². The Balaban J connectivity index is 1.58. The van der Waals surface area contributed by atoms with E-state index in [2.05, 4.69) is 14.3 Å². The van der Waals surface area contributed by atoms with Gasteiger partial charge >= 0.3 is 0 Å². The van der Waals surface area contributed by atoms with E-state index >= 15 is 0 Å². The minimum atomic E-state index is -3.31. The van der Waals surface area contributed by atoms with E-state index in [1.54, 1.807) is 0 Å². The van der Waals surface area contributed by atoms with E-state index < -0.39 is 10.0 Å². The van der Waals surface area contributed by atoms with Crippen LogP contribution in [0.15, 0.2) is 30.5 Å². The van der Waals surface area contributed by atoms with Crippen molar-refractivity contribution in [1.29, 1.82) is 0 Å². The van der Waals surface area contributed by atoms with Gasteiger partial charge in [-0.3, -0.25) is 4.72 Å². The summed E-state index contributed by atoms with van der Waals surface area (Å²) in [5.74, 6) is 1.12. The second-order valence-corrected chi connectivity index (χ2v) is 8.76. The number of aromatic nitrogens is 2. The third kappa shape index (κ3) is 2.95. The highest BCUT2D eigenvalue weighted by Gasteiger charge is 2.27. The number of rotatable bonds is 4. The molecule has 2 aliphatic rings. The van der Waals surface area contributed by atoms with E-state index in [1.807, 2.05) is 30.5 Å². The molecule has 0 unspecified atom stereocenters. The molecule has 0 bridgehead atoms. The van der Waals surface area contributed by atoms with Crippen molar-refractivity contribution in [2.75, 3.05) is 4.72 Å². The molecule has 1 aromatic carbocycles. The van der Waals surface area contributed by atoms with Gasteiger partial charge in [-0.15, -0.1) is 0 Å². The van der Waals surface area contributed by atoms with Crippen LogP contribution in [0.3, 0.4) is 0 Å². The average molecular weight is 345 g/mol. The van der Waals surface area contributed by atoms with Crippen LogP contribution in [-0.2, 0) is 23.0 Å². The molecule has 0 amide bonds. The lowest BCUT2D eigenvalue weighted by Gasteiger charge is -2.22. The second kappa shape index (κ2) is 6.24. The molecule has 4 rings (SSSR count). The highest BCUT2D eigenvalue weighted by atomic mass is 32.2. The Morgan fingerprint density at radius 2 is 1.96 bits per heavy atom. The molecule has 0 atom stereocenters. The summed E-state index contributed by atoms with van der Waals surface area (Å²) < 4.78 is 30.3. The monoisotopic (exact) mass is 345 g/mol. The number of imidazole rings is 1. The summed E-state index contributed by atoms with van der Waals surface area (Å²) in [6, 6.07) is 7.66. The van der Waals surface area contributed by atoms with E-state index in [1.165, 1.54) is 0 Å². The molecule has 1 saturated carbocycles. The van der Waals surface area contributed by atoms with Crippen LogP contribution in [0.5, 0.6) is 0 Å². The van der Waals surface area contributed by atoms with Gasteiger partial charge in [-0.2, -0.15) is 0 Å². The van der Waals surface area contributed by atoms with Crippen LogP contribution in [0, 0.1) is 0 Å². The Kier molecular flexibility index (Phi) is 4.08. The minimum absolute atomic E-state index is 0.255. The Bertz CT molecular complexity index is 836. The molecular formula is C18H23N3O2S. The van der Waals surface area contributed by atoms with Crippen molar-refractivity contribution in [1.82, 2.24) is 9.55 Å². The summed E-state index contributed by atoms with van der Waals surface area (Å²) in [7, 11) is -3.31. The summed E-state index contributed by atoms with van der Waals surface area (Å²) in [5, 5.41) is -0.255. The first kappa shape index (κ1) is 15.7. The van der Waals surface area contributed by atoms with Crippen molar-refractivity contribution in [3.05, 3.63) is 36.3 Å². The van der Waals surface area contributed by atoms with Gasteiger partial charge < -0.3 is 4.57 Å². The molecule has 24 heavy (non-hydrogen) atoms. The number of hydrogen-bond acceptors (Lipinski definition) is 3. The number of benzene rings is 1. The average Bonchev–Trinajstić information content (AvgIpc) is 3.19. The summed E-state index contributed by atoms with van der Waals surface area (Å²) in [5.41, 5.74) is 2.73. The van der Waals surface area contributed by atoms with Crippen LogP contribution in [0.4, 0.5) is 5.69 Å². The largest absolute Gasteiger partial charge is 0.328 e. The van der Waals surface area contributed by atoms with Crippen LogP contribution in [0.1, 0.15) is 44.3 Å². The predicted octanol–water partition coefficient (Wildman–Crippen LogP) is 3.57. The van der Waals surface area contributed by atoms with Gasteiger partial charge in [0.25, 0.3) is 0 Å². The van der Waals surface area contributed by atoms with E-state index in [4.69, 9.17) is 0 Å². The van der Waals surface area contributed by atoms with Crippen LogP contribution in [0.25, 0.3) is 11.3 Å². The topological polar surface area (TPSA) is 64.0 Å². The van der Waals surface area contributed by atoms with Gasteiger partial charge in [-0.25, -0.2) is 13.4 Å². The molecule has 1 aliphatic carbocycles. The van der Waals surface area contributed by atoms with Crippen molar-refractivity contribution in [3.63, 3.8) is 0 Å². The van der Waals surface area contributed by atoms with Crippen molar-refractivity contribution < 1.29 is 8.42 Å². The van der Waals surface area contributed by atoms with Gasteiger partial charge in [0, 0.05) is 24.2 Å². The molecule has 0 radical (unpaired) electrons. The first-order chi connectivity index (χ1) is 11.6. The zero-order valence-corrected chi connectivity index (χ0v) is 14.6. The standard InChI is InChI=1S/C18H23N3O2S/c22-24(23,16-8-2-1-3-9-16)20-15-7-4-6-14(12-15)17-13-19-18-10-5-11-21(17)18/h4,6-7,12-13,16,20H,1-3,5,8-11H2. The number of aryl methyl sites for hydroxylation is 1. The summed E-state index contributed by atoms with van der Waals surface area (Å²) in [6.07, 6.45) is 8.74. The highest BCUT2D eigenvalue weighted by Crippen LogP contribution is 2.29. The Morgan fingerprint density at radius 1 is 1.12 bits per heavy atom. The summed E-state index contributed by atoms with van der Waals surface area (Å²) in [6.45, 7) is 0.989. The third-order valence-corrected chi connectivity index (χ3v) is 7.00. The number of hydrogen-bond donors (Lipinski definition) is 1. The normalized spacial score (nSPS) is 18.5. The third-order valence-electron chi connectivity index (χ3n) is 5.13. The van der Waals surface area contributed by atoms with Crippen LogP contribution < -0.4 is 4.72 Å². The molecule has 6 heteroatoms. The van der Waals surface area contributed by atoms with Gasteiger partial charge in [-0.05, 0) is 31.4 Å². The molecular weight excluding hydrogens is 322 g/mol. The number of sulfonamides is 1. The van der Waals surface area contributed by atoms with Gasteiger partial charge in [-0.1, -0.05) is 31.4 Å². The van der Waals surface area contributed by atoms with Crippen LogP contribution in [0.2, 0.25) is 0 Å². The van der Waals surface area contributed by atoms with E-state index in [9.17, 15) is 8.42 Å². The quantitative estimate of drug-likeness (QED) is 0.921. The van der Waals surface area contributed by atoms with Crippen molar-refractivity contribution in [2.24, 2.45) is 0 Å². The lowest BCUT2D eigenvalue weighted by Crippen LogP contribution is -2.29. The molecule has 1 aromatic heterocycles. The maximum absolute atomic E-state index is 12.6. The van der Waals surface area contributed by atoms with E-state index in [0.29, 0.717) is 5.69 Å². The molecule has 5 nitrogen and oxygen atoms in total. The lowest BCUT2D eigenvalue weighted by atomic mass is 10.0. The molecule has 1 aliphatic heterocycles. The lowest BCUT2D eigenvalue weighted by molar-refractivity contribution is 0.486. The van der Waals surface area contributed by atoms with E-state index in [-0.39, 0.29) is 5.25 Å². The maximum atomic E-state index is 12.6. The fourth-order valence-corrected chi connectivity index (χ4v) is 5.43. The number of nitrogens with one attached hydrogen (secondary N) is 1. The summed E-state index contributed by atoms with van der Waals surface area (Å²) >= 11 is 0. The first-order valence-corrected chi connectivity index (χ1v) is 10.3. The smallest absolute Gasteiger partial charge is 0.235 e. The number of nitrogens with zero attached hydrogens (tertiary/aromatic N) is 2. The van der Waals surface area contributed by atoms with Gasteiger partial charge in [0.05, 0.1) is 17.1 Å².